The lowest BCUT2D eigenvalue weighted by atomic mass is 10.0. The molecule has 0 heterocycles. The Bertz CT molecular complexity index is 1290. The molecule has 0 aliphatic carbocycles. The number of rotatable bonds is 12. The van der Waals surface area contributed by atoms with Gasteiger partial charge in [-0.25, -0.2) is 0 Å². The van der Waals surface area contributed by atoms with Crippen LogP contribution in [0, 0.1) is 0 Å². The van der Waals surface area contributed by atoms with E-state index < -0.39 is 28.8 Å². The molecule has 0 amide bonds. The summed E-state index contributed by atoms with van der Waals surface area (Å²) in [6.07, 6.45) is 2.80. The number of allylic oxidation sites excluding steroid dienone is 1. The maximum atomic E-state index is 13.3. The zero-order valence-electron chi connectivity index (χ0n) is 20.6. The van der Waals surface area contributed by atoms with E-state index in [1.165, 1.54) is 10.8 Å². The molecule has 0 aliphatic heterocycles. The van der Waals surface area contributed by atoms with Gasteiger partial charge in [-0.1, -0.05) is 72.8 Å². The van der Waals surface area contributed by atoms with Crippen molar-refractivity contribution in [3.63, 3.8) is 0 Å². The Morgan fingerprint density at radius 2 is 1.46 bits per heavy atom. The largest absolute Gasteiger partial charge is 0.351 e. The summed E-state index contributed by atoms with van der Waals surface area (Å²) in [5, 5.41) is 2.37. The summed E-state index contributed by atoms with van der Waals surface area (Å²) in [6, 6.07) is 22.5. The monoisotopic (exact) mass is 516 g/mol. The highest BCUT2D eigenvalue weighted by Gasteiger charge is 2.45. The van der Waals surface area contributed by atoms with Gasteiger partial charge < -0.3 is 9.05 Å². The van der Waals surface area contributed by atoms with Crippen LogP contribution in [0.15, 0.2) is 72.8 Å². The van der Waals surface area contributed by atoms with E-state index in [9.17, 15) is 13.0 Å². The van der Waals surface area contributed by atoms with Gasteiger partial charge in [0.05, 0.1) is 19.3 Å². The van der Waals surface area contributed by atoms with Crippen LogP contribution in [0.2, 0.25) is 0 Å². The average Bonchev–Trinajstić information content (AvgIpc) is 2.81. The second-order valence-electron chi connectivity index (χ2n) is 8.29. The molecular formula is C27H33O6PS. The number of hydrogen-bond donors (Lipinski definition) is 0. The zero-order valence-corrected chi connectivity index (χ0v) is 22.3. The zero-order chi connectivity index (χ0) is 25.5. The molecule has 0 spiro atoms. The molecule has 1 atom stereocenters. The van der Waals surface area contributed by atoms with Crippen molar-refractivity contribution in [2.75, 3.05) is 13.2 Å². The minimum atomic E-state index is -4.20. The highest BCUT2D eigenvalue weighted by Crippen LogP contribution is 2.56. The molecule has 0 aliphatic rings. The van der Waals surface area contributed by atoms with Crippen molar-refractivity contribution in [1.29, 1.82) is 0 Å². The molecule has 0 saturated carbocycles. The van der Waals surface area contributed by atoms with Crippen molar-refractivity contribution in [1.82, 2.24) is 0 Å². The number of benzene rings is 3. The van der Waals surface area contributed by atoms with Gasteiger partial charge in [0.1, 0.15) is 0 Å². The summed E-state index contributed by atoms with van der Waals surface area (Å²) in [6.45, 7) is 6.62. The fraction of sp³-hybridized carbons (Fsp3) is 0.333. The Balaban J connectivity index is 1.81. The first kappa shape index (κ1) is 27.3. The lowest BCUT2D eigenvalue weighted by molar-refractivity contribution is 0.211. The highest BCUT2D eigenvalue weighted by atomic mass is 32.2. The van der Waals surface area contributed by atoms with E-state index in [1.54, 1.807) is 39.8 Å². The van der Waals surface area contributed by atoms with Gasteiger partial charge >= 0.3 is 7.60 Å². The smallest absolute Gasteiger partial charge is 0.308 e. The van der Waals surface area contributed by atoms with Gasteiger partial charge in [0, 0.05) is 0 Å². The van der Waals surface area contributed by atoms with E-state index in [0.717, 1.165) is 16.7 Å². The van der Waals surface area contributed by atoms with Crippen LogP contribution in [-0.4, -0.2) is 32.7 Å². The summed E-state index contributed by atoms with van der Waals surface area (Å²) < 4.78 is 54.9. The molecule has 3 aromatic carbocycles. The second-order valence-corrected chi connectivity index (χ2v) is 12.6. The molecule has 3 aromatic rings. The molecule has 1 unspecified atom stereocenters. The molecular weight excluding hydrogens is 483 g/mol. The molecule has 0 fully saturated rings. The van der Waals surface area contributed by atoms with Crippen molar-refractivity contribution in [2.45, 2.75) is 45.2 Å². The molecule has 8 heteroatoms. The van der Waals surface area contributed by atoms with Crippen LogP contribution in [0.4, 0.5) is 0 Å². The van der Waals surface area contributed by atoms with E-state index in [-0.39, 0.29) is 19.6 Å². The maximum absolute atomic E-state index is 13.3. The van der Waals surface area contributed by atoms with Crippen molar-refractivity contribution in [2.24, 2.45) is 0 Å². The third kappa shape index (κ3) is 7.12. The maximum Gasteiger partial charge on any atom is 0.351 e. The van der Waals surface area contributed by atoms with Crippen LogP contribution in [0.5, 0.6) is 0 Å². The van der Waals surface area contributed by atoms with Gasteiger partial charge in [-0.3, -0.25) is 8.75 Å². The summed E-state index contributed by atoms with van der Waals surface area (Å²) >= 11 is 0. The van der Waals surface area contributed by atoms with E-state index in [2.05, 4.69) is 30.3 Å². The highest BCUT2D eigenvalue weighted by molar-refractivity contribution is 7.94. The molecule has 3 rings (SSSR count). The molecule has 35 heavy (non-hydrogen) atoms. The first-order chi connectivity index (χ1) is 16.7. The number of fused-ring (bicyclic) bond motifs is 1. The summed E-state index contributed by atoms with van der Waals surface area (Å²) in [7, 11) is -8.16. The first-order valence-corrected chi connectivity index (χ1v) is 14.8. The standard InChI is InChI=1S/C27H33O6PS/c1-5-31-34(28,32-6-2)27(35(29,30)33-21(3)4)13-9-10-22-14-16-24(17-15-22)26-19-18-23-11-7-8-12-25(23)20-26/h7-12,14-21,27H,5-6,13H2,1-4H3/b10-9+. The van der Waals surface area contributed by atoms with Gasteiger partial charge in [0.2, 0.25) is 0 Å². The van der Waals surface area contributed by atoms with Gasteiger partial charge in [-0.15, -0.1) is 0 Å². The van der Waals surface area contributed by atoms with Crippen LogP contribution in [0.25, 0.3) is 28.0 Å². The third-order valence-electron chi connectivity index (χ3n) is 5.27. The lowest BCUT2D eigenvalue weighted by Gasteiger charge is -2.25. The third-order valence-corrected chi connectivity index (χ3v) is 10.5. The Labute approximate surface area is 208 Å². The van der Waals surface area contributed by atoms with E-state index in [0.29, 0.717) is 0 Å². The molecule has 0 bridgehead atoms. The van der Waals surface area contributed by atoms with Crippen LogP contribution >= 0.6 is 7.60 Å². The van der Waals surface area contributed by atoms with E-state index >= 15 is 0 Å². The molecule has 6 nitrogen and oxygen atoms in total. The lowest BCUT2D eigenvalue weighted by Crippen LogP contribution is -2.27. The average molecular weight is 517 g/mol. The number of hydrogen-bond acceptors (Lipinski definition) is 6. The van der Waals surface area contributed by atoms with Crippen LogP contribution < -0.4 is 0 Å². The van der Waals surface area contributed by atoms with E-state index in [4.69, 9.17) is 13.2 Å². The Morgan fingerprint density at radius 1 is 0.857 bits per heavy atom. The van der Waals surface area contributed by atoms with Crippen LogP contribution in [-0.2, 0) is 27.9 Å². The van der Waals surface area contributed by atoms with Crippen LogP contribution in [0.1, 0.15) is 39.7 Å². The fourth-order valence-corrected chi connectivity index (χ4v) is 8.07. The normalized spacial score (nSPS) is 13.6. The topological polar surface area (TPSA) is 78.9 Å². The Hall–Kier alpha value is -2.28. The molecule has 0 radical (unpaired) electrons. The van der Waals surface area contributed by atoms with Gasteiger partial charge in [0.15, 0.2) is 4.99 Å². The molecule has 0 aromatic heterocycles. The SMILES string of the molecule is CCOP(=O)(OCC)C(C/C=C/c1ccc(-c2ccc3ccccc3c2)cc1)S(=O)(=O)OC(C)C. The van der Waals surface area contributed by atoms with Crippen molar-refractivity contribution >= 4 is 34.6 Å². The molecule has 0 saturated heterocycles. The van der Waals surface area contributed by atoms with Gasteiger partial charge in [0.25, 0.3) is 10.1 Å². The summed E-state index contributed by atoms with van der Waals surface area (Å²) in [4.78, 5) is -1.45. The van der Waals surface area contributed by atoms with Crippen LogP contribution in [0.3, 0.4) is 0 Å². The predicted octanol–water partition coefficient (Wildman–Crippen LogP) is 7.26. The second kappa shape index (κ2) is 12.1. The van der Waals surface area contributed by atoms with Crippen molar-refractivity contribution < 1.29 is 26.2 Å². The first-order valence-electron chi connectivity index (χ1n) is 11.7. The quantitative estimate of drug-likeness (QED) is 0.186. The van der Waals surface area contributed by atoms with Gasteiger partial charge in [-0.05, 0) is 67.6 Å². The minimum Gasteiger partial charge on any atom is -0.308 e. The Kier molecular flexibility index (Phi) is 9.45. The fourth-order valence-electron chi connectivity index (χ4n) is 3.78. The summed E-state index contributed by atoms with van der Waals surface area (Å²) in [5.41, 5.74) is 3.08. The van der Waals surface area contributed by atoms with Gasteiger partial charge in [-0.2, -0.15) is 8.42 Å². The minimum absolute atomic E-state index is 0.0604. The molecule has 0 N–H and O–H groups in total. The predicted molar refractivity (Wildman–Crippen MR) is 143 cm³/mol. The van der Waals surface area contributed by atoms with Crippen molar-refractivity contribution in [3.8, 4) is 11.1 Å². The molecule has 188 valence electrons. The van der Waals surface area contributed by atoms with Crippen molar-refractivity contribution in [3.05, 3.63) is 78.4 Å². The van der Waals surface area contributed by atoms with E-state index in [1.807, 2.05) is 36.4 Å². The Morgan fingerprint density at radius 3 is 2.06 bits per heavy atom. The summed E-state index contributed by atoms with van der Waals surface area (Å²) in [5.74, 6) is 0.